The number of piperidine rings is 1. The van der Waals surface area contributed by atoms with Crippen molar-refractivity contribution in [3.63, 3.8) is 0 Å². The molecule has 8 heteroatoms. The highest BCUT2D eigenvalue weighted by molar-refractivity contribution is 14.1. The van der Waals surface area contributed by atoms with Crippen molar-refractivity contribution in [2.75, 3.05) is 13.1 Å². The summed E-state index contributed by atoms with van der Waals surface area (Å²) in [6, 6.07) is 1.08. The standard InChI is InChI=1S/C15H21FIN3O3/c1-15(2,3)23-14(22)20-5-4-11(10(16)8-20)19-13(21)12-6-9(17)7-18-12/h6-7,10-11,18H,4-5,8H2,1-3H3,(H,19,21)/t10-,11?/m0/s1. The fourth-order valence-corrected chi connectivity index (χ4v) is 2.77. The maximum atomic E-state index is 14.3. The van der Waals surface area contributed by atoms with E-state index in [0.717, 1.165) is 3.57 Å². The Balaban J connectivity index is 1.89. The van der Waals surface area contributed by atoms with Crippen LogP contribution in [0.2, 0.25) is 0 Å². The molecule has 1 fully saturated rings. The SMILES string of the molecule is CC(C)(C)OC(=O)N1CCC(NC(=O)c2cc(I)c[nH]2)[C@@H](F)C1. The van der Waals surface area contributed by atoms with Crippen LogP contribution in [0.1, 0.15) is 37.7 Å². The largest absolute Gasteiger partial charge is 0.444 e. The first kappa shape index (κ1) is 18.0. The minimum absolute atomic E-state index is 0.0812. The van der Waals surface area contributed by atoms with E-state index >= 15 is 0 Å². The normalized spacial score (nSPS) is 21.9. The van der Waals surface area contributed by atoms with E-state index in [1.54, 1.807) is 33.0 Å². The molecule has 1 saturated heterocycles. The van der Waals surface area contributed by atoms with Gasteiger partial charge in [0.05, 0.1) is 12.6 Å². The lowest BCUT2D eigenvalue weighted by Crippen LogP contribution is -2.54. The lowest BCUT2D eigenvalue weighted by Gasteiger charge is -2.35. The highest BCUT2D eigenvalue weighted by Gasteiger charge is 2.34. The van der Waals surface area contributed by atoms with Crippen LogP contribution in [0.3, 0.4) is 0 Å². The van der Waals surface area contributed by atoms with Crippen molar-refractivity contribution in [2.24, 2.45) is 0 Å². The number of nitrogens with zero attached hydrogens (tertiary/aromatic N) is 1. The maximum Gasteiger partial charge on any atom is 0.410 e. The number of carbonyl (C=O) groups excluding carboxylic acids is 2. The second-order valence-corrected chi connectivity index (χ2v) is 7.79. The molecule has 1 aliphatic heterocycles. The third-order valence-corrected chi connectivity index (χ3v) is 4.02. The summed E-state index contributed by atoms with van der Waals surface area (Å²) in [5.41, 5.74) is -0.213. The molecule has 2 atom stereocenters. The number of aromatic nitrogens is 1. The molecular weight excluding hydrogens is 416 g/mol. The second kappa shape index (κ2) is 7.06. The van der Waals surface area contributed by atoms with Crippen molar-refractivity contribution in [2.45, 2.75) is 45.0 Å². The van der Waals surface area contributed by atoms with Crippen LogP contribution in [-0.2, 0) is 4.74 Å². The van der Waals surface area contributed by atoms with Gasteiger partial charge in [0, 0.05) is 16.3 Å². The number of hydrogen-bond donors (Lipinski definition) is 2. The van der Waals surface area contributed by atoms with E-state index in [2.05, 4.69) is 32.9 Å². The number of hydrogen-bond acceptors (Lipinski definition) is 3. The molecule has 0 bridgehead atoms. The van der Waals surface area contributed by atoms with Gasteiger partial charge in [0.25, 0.3) is 5.91 Å². The molecule has 23 heavy (non-hydrogen) atoms. The highest BCUT2D eigenvalue weighted by atomic mass is 127. The van der Waals surface area contributed by atoms with Gasteiger partial charge < -0.3 is 19.9 Å². The minimum Gasteiger partial charge on any atom is -0.444 e. The number of likely N-dealkylation sites (tertiary alicyclic amines) is 1. The number of halogens is 2. The Morgan fingerprint density at radius 3 is 2.70 bits per heavy atom. The van der Waals surface area contributed by atoms with E-state index < -0.39 is 23.9 Å². The predicted octanol–water partition coefficient (Wildman–Crippen LogP) is 2.70. The van der Waals surface area contributed by atoms with Crippen LogP contribution in [0.5, 0.6) is 0 Å². The van der Waals surface area contributed by atoms with Crippen molar-refractivity contribution >= 4 is 34.6 Å². The predicted molar refractivity (Wildman–Crippen MR) is 92.1 cm³/mol. The zero-order valence-corrected chi connectivity index (χ0v) is 15.5. The summed E-state index contributed by atoms with van der Waals surface area (Å²) in [6.45, 7) is 5.57. The molecule has 0 radical (unpaired) electrons. The quantitative estimate of drug-likeness (QED) is 0.699. The highest BCUT2D eigenvalue weighted by Crippen LogP contribution is 2.18. The van der Waals surface area contributed by atoms with Crippen LogP contribution in [0.4, 0.5) is 9.18 Å². The first-order valence-electron chi connectivity index (χ1n) is 7.42. The zero-order chi connectivity index (χ0) is 17.2. The van der Waals surface area contributed by atoms with Gasteiger partial charge in [-0.05, 0) is 55.8 Å². The number of ether oxygens (including phenoxy) is 1. The molecule has 1 aromatic heterocycles. The van der Waals surface area contributed by atoms with E-state index in [-0.39, 0.29) is 12.5 Å². The number of H-pyrrole nitrogens is 1. The molecule has 2 N–H and O–H groups in total. The van der Waals surface area contributed by atoms with Crippen molar-refractivity contribution < 1.29 is 18.7 Å². The van der Waals surface area contributed by atoms with Crippen LogP contribution in [-0.4, -0.2) is 52.8 Å². The number of amides is 2. The van der Waals surface area contributed by atoms with Gasteiger partial charge in [-0.25, -0.2) is 9.18 Å². The Morgan fingerprint density at radius 1 is 1.48 bits per heavy atom. The Hall–Kier alpha value is -1.32. The van der Waals surface area contributed by atoms with Gasteiger partial charge in [-0.3, -0.25) is 4.79 Å². The lowest BCUT2D eigenvalue weighted by molar-refractivity contribution is 0.00971. The van der Waals surface area contributed by atoms with Crippen molar-refractivity contribution in [3.05, 3.63) is 21.5 Å². The molecule has 1 aliphatic rings. The molecule has 0 aliphatic carbocycles. The van der Waals surface area contributed by atoms with Gasteiger partial charge in [-0.15, -0.1) is 0 Å². The van der Waals surface area contributed by atoms with E-state index in [1.807, 2.05) is 0 Å². The van der Waals surface area contributed by atoms with Crippen LogP contribution < -0.4 is 5.32 Å². The average molecular weight is 437 g/mol. The number of alkyl halides is 1. The third kappa shape index (κ3) is 5.08. The smallest absolute Gasteiger partial charge is 0.410 e. The van der Waals surface area contributed by atoms with Crippen LogP contribution in [0, 0.1) is 3.57 Å². The molecule has 1 unspecified atom stereocenters. The minimum atomic E-state index is -1.32. The Labute approximate surface area is 148 Å². The molecule has 0 aromatic carbocycles. The van der Waals surface area contributed by atoms with Crippen molar-refractivity contribution in [1.82, 2.24) is 15.2 Å². The molecule has 2 amide bonds. The van der Waals surface area contributed by atoms with Gasteiger partial charge in [0.15, 0.2) is 0 Å². The van der Waals surface area contributed by atoms with Gasteiger partial charge in [0.2, 0.25) is 0 Å². The number of aromatic amines is 1. The summed E-state index contributed by atoms with van der Waals surface area (Å²) in [5.74, 6) is -0.341. The number of carbonyl (C=O) groups is 2. The molecule has 1 aromatic rings. The zero-order valence-electron chi connectivity index (χ0n) is 13.4. The Kier molecular flexibility index (Phi) is 5.53. The monoisotopic (exact) mass is 437 g/mol. The lowest BCUT2D eigenvalue weighted by atomic mass is 10.0. The van der Waals surface area contributed by atoms with Gasteiger partial charge in [-0.2, -0.15) is 0 Å². The topological polar surface area (TPSA) is 74.4 Å². The summed E-state index contributed by atoms with van der Waals surface area (Å²) < 4.78 is 20.4. The molecule has 2 rings (SSSR count). The molecule has 6 nitrogen and oxygen atoms in total. The summed E-state index contributed by atoms with van der Waals surface area (Å²) in [7, 11) is 0. The maximum absolute atomic E-state index is 14.3. The summed E-state index contributed by atoms with van der Waals surface area (Å²) in [5, 5.41) is 2.68. The van der Waals surface area contributed by atoms with E-state index in [9.17, 15) is 14.0 Å². The first-order chi connectivity index (χ1) is 10.7. The first-order valence-corrected chi connectivity index (χ1v) is 8.50. The summed E-state index contributed by atoms with van der Waals surface area (Å²) in [6.07, 6.45) is 0.204. The average Bonchev–Trinajstić information content (AvgIpc) is 2.85. The van der Waals surface area contributed by atoms with E-state index in [1.165, 1.54) is 4.90 Å². The summed E-state index contributed by atoms with van der Waals surface area (Å²) in [4.78, 5) is 28.2. The fourth-order valence-electron chi connectivity index (χ4n) is 2.30. The molecule has 0 saturated carbocycles. The van der Waals surface area contributed by atoms with E-state index in [4.69, 9.17) is 4.74 Å². The molecular formula is C15H21FIN3O3. The van der Waals surface area contributed by atoms with Crippen molar-refractivity contribution in [3.8, 4) is 0 Å². The molecule has 0 spiro atoms. The second-order valence-electron chi connectivity index (χ2n) is 6.54. The van der Waals surface area contributed by atoms with Crippen LogP contribution >= 0.6 is 22.6 Å². The number of rotatable bonds is 2. The van der Waals surface area contributed by atoms with Gasteiger partial charge in [-0.1, -0.05) is 0 Å². The fraction of sp³-hybridized carbons (Fsp3) is 0.600. The van der Waals surface area contributed by atoms with Crippen molar-refractivity contribution in [1.29, 1.82) is 0 Å². The van der Waals surface area contributed by atoms with Crippen LogP contribution in [0.15, 0.2) is 12.3 Å². The van der Waals surface area contributed by atoms with Gasteiger partial charge >= 0.3 is 6.09 Å². The number of nitrogens with one attached hydrogen (secondary N) is 2. The Morgan fingerprint density at radius 2 is 2.17 bits per heavy atom. The van der Waals surface area contributed by atoms with Gasteiger partial charge in [0.1, 0.15) is 17.5 Å². The molecule has 2 heterocycles. The third-order valence-electron chi connectivity index (χ3n) is 3.40. The Bertz CT molecular complexity index is 585. The van der Waals surface area contributed by atoms with Crippen LogP contribution in [0.25, 0.3) is 0 Å². The molecule has 128 valence electrons. The van der Waals surface area contributed by atoms with E-state index in [0.29, 0.717) is 18.7 Å². The summed E-state index contributed by atoms with van der Waals surface area (Å²) >= 11 is 2.09.